The molecule has 0 saturated heterocycles. The maximum atomic E-state index is 2.22. The van der Waals surface area contributed by atoms with E-state index in [9.17, 15) is 0 Å². The second-order valence-electron chi connectivity index (χ2n) is 2.95. The molecule has 0 aliphatic carbocycles. The van der Waals surface area contributed by atoms with E-state index in [0.717, 1.165) is 25.8 Å². The fraction of sp³-hybridized carbons (Fsp3) is 0. The van der Waals surface area contributed by atoms with Gasteiger partial charge in [-0.25, -0.2) is 0 Å². The first-order valence-corrected chi connectivity index (χ1v) is 6.52. The Morgan fingerprint density at radius 1 is 0.692 bits per heavy atom. The molecule has 1 heteroatoms. The molecule has 0 N–H and O–H groups in total. The van der Waals surface area contributed by atoms with Crippen LogP contribution in [0.4, 0.5) is 0 Å². The van der Waals surface area contributed by atoms with Crippen molar-refractivity contribution in [3.05, 3.63) is 54.6 Å². The van der Waals surface area contributed by atoms with Crippen molar-refractivity contribution in [3.63, 3.8) is 0 Å². The number of benzene rings is 2. The molecule has 0 saturated carbocycles. The average molecular weight is 358 g/mol. The third kappa shape index (κ3) is 1.99. The third-order valence-corrected chi connectivity index (χ3v) is 4.00. The van der Waals surface area contributed by atoms with Gasteiger partial charge in [0.15, 0.2) is 0 Å². The number of rotatable bonds is 1. The van der Waals surface area contributed by atoms with Gasteiger partial charge in [-0.2, -0.15) is 0 Å². The van der Waals surface area contributed by atoms with Gasteiger partial charge in [0, 0.05) is 0 Å². The van der Waals surface area contributed by atoms with Crippen LogP contribution in [0, 0.1) is 0 Å². The zero-order valence-corrected chi connectivity index (χ0v) is 11.8. The van der Waals surface area contributed by atoms with E-state index in [1.54, 1.807) is 0 Å². The summed E-state index contributed by atoms with van der Waals surface area (Å²) in [6, 6.07) is 19.2. The summed E-state index contributed by atoms with van der Waals surface area (Å²) in [7, 11) is 0. The van der Waals surface area contributed by atoms with Crippen LogP contribution >= 0.6 is 0 Å². The molecule has 2 aromatic carbocycles. The van der Waals surface area contributed by atoms with Gasteiger partial charge in [-0.1, -0.05) is 0 Å². The van der Waals surface area contributed by atoms with E-state index in [1.807, 2.05) is 0 Å². The first kappa shape index (κ1) is 8.94. The Labute approximate surface area is 94.3 Å². The second kappa shape index (κ2) is 4.05. The molecular formula is C12H9Tl. The standard InChI is InChI=1S/C12H9.Tl/c1-3-7-11(8-4-1)12-9-5-2-6-10-12;/h1-9H;. The molecule has 2 aromatic rings. The maximum absolute atomic E-state index is 2.22. The average Bonchev–Trinajstić information content (AvgIpc) is 2.20. The van der Waals surface area contributed by atoms with Gasteiger partial charge in [-0.3, -0.25) is 0 Å². The summed E-state index contributed by atoms with van der Waals surface area (Å²) in [6.45, 7) is 0. The summed E-state index contributed by atoms with van der Waals surface area (Å²) in [5.41, 5.74) is 2.73. The Morgan fingerprint density at radius 3 is 2.00 bits per heavy atom. The molecule has 0 amide bonds. The van der Waals surface area contributed by atoms with Crippen molar-refractivity contribution in [3.8, 4) is 11.1 Å². The van der Waals surface area contributed by atoms with Crippen LogP contribution in [0.2, 0.25) is 0 Å². The van der Waals surface area contributed by atoms with Gasteiger partial charge in [-0.15, -0.1) is 0 Å². The van der Waals surface area contributed by atoms with Gasteiger partial charge >= 0.3 is 94.6 Å². The van der Waals surface area contributed by atoms with E-state index in [0.29, 0.717) is 0 Å². The Kier molecular flexibility index (Phi) is 2.78. The first-order valence-electron chi connectivity index (χ1n) is 4.28. The monoisotopic (exact) mass is 358 g/mol. The molecule has 0 heterocycles. The van der Waals surface area contributed by atoms with Crippen molar-refractivity contribution in [1.29, 1.82) is 0 Å². The van der Waals surface area contributed by atoms with E-state index in [4.69, 9.17) is 0 Å². The molecular weight excluding hydrogens is 349 g/mol. The summed E-state index contributed by atoms with van der Waals surface area (Å²) in [5, 5.41) is 0. The first-order chi connectivity index (χ1) is 6.38. The fourth-order valence-electron chi connectivity index (χ4n) is 1.38. The topological polar surface area (TPSA) is 0 Å². The van der Waals surface area contributed by atoms with Crippen LogP contribution in [0.3, 0.4) is 0 Å². The van der Waals surface area contributed by atoms with Crippen LogP contribution in [0.5, 0.6) is 0 Å². The molecule has 0 fully saturated rings. The normalized spacial score (nSPS) is 9.77. The van der Waals surface area contributed by atoms with Crippen molar-refractivity contribution in [2.45, 2.75) is 0 Å². The number of hydrogen-bond donors (Lipinski definition) is 0. The minimum atomic E-state index is 0.904. The predicted molar refractivity (Wildman–Crippen MR) is 57.3 cm³/mol. The minimum absolute atomic E-state index is 0.904. The van der Waals surface area contributed by atoms with Crippen LogP contribution in [0.15, 0.2) is 54.6 Å². The summed E-state index contributed by atoms with van der Waals surface area (Å²) in [6.07, 6.45) is 0. The Morgan fingerprint density at radius 2 is 1.31 bits per heavy atom. The van der Waals surface area contributed by atoms with Crippen molar-refractivity contribution < 1.29 is 0 Å². The molecule has 0 aromatic heterocycles. The van der Waals surface area contributed by atoms with Crippen molar-refractivity contribution >= 4 is 28.9 Å². The molecule has 60 valence electrons. The molecule has 0 aliphatic heterocycles. The summed E-state index contributed by atoms with van der Waals surface area (Å²) >= 11 is 0.904. The zero-order chi connectivity index (χ0) is 9.10. The van der Waals surface area contributed by atoms with E-state index < -0.39 is 0 Å². The Balaban J connectivity index is 2.54. The second-order valence-corrected chi connectivity index (χ2v) is 5.37. The number of hydrogen-bond acceptors (Lipinski definition) is 0. The van der Waals surface area contributed by atoms with Gasteiger partial charge in [0.05, 0.1) is 0 Å². The predicted octanol–water partition coefficient (Wildman–Crippen LogP) is 2.15. The van der Waals surface area contributed by atoms with Crippen molar-refractivity contribution in [1.82, 2.24) is 0 Å². The van der Waals surface area contributed by atoms with E-state index in [1.165, 1.54) is 14.2 Å². The van der Waals surface area contributed by atoms with Gasteiger partial charge in [0.25, 0.3) is 0 Å². The van der Waals surface area contributed by atoms with Crippen LogP contribution in [-0.2, 0) is 0 Å². The molecule has 0 unspecified atom stereocenters. The van der Waals surface area contributed by atoms with Gasteiger partial charge < -0.3 is 0 Å². The van der Waals surface area contributed by atoms with Gasteiger partial charge in [-0.05, 0) is 0 Å². The van der Waals surface area contributed by atoms with Crippen LogP contribution in [0.25, 0.3) is 11.1 Å². The molecule has 0 aliphatic rings. The molecule has 0 radical (unpaired) electrons. The van der Waals surface area contributed by atoms with E-state index >= 15 is 0 Å². The van der Waals surface area contributed by atoms with Crippen LogP contribution in [0.1, 0.15) is 0 Å². The molecule has 0 atom stereocenters. The molecule has 0 bridgehead atoms. The zero-order valence-electron chi connectivity index (χ0n) is 7.27. The summed E-state index contributed by atoms with van der Waals surface area (Å²) in [5.74, 6) is 0. The van der Waals surface area contributed by atoms with Crippen LogP contribution < -0.4 is 3.12 Å². The van der Waals surface area contributed by atoms with Gasteiger partial charge in [0.1, 0.15) is 0 Å². The summed E-state index contributed by atoms with van der Waals surface area (Å²) < 4.78 is 1.49. The Hall–Kier alpha value is -0.638. The van der Waals surface area contributed by atoms with Crippen molar-refractivity contribution in [2.24, 2.45) is 0 Å². The van der Waals surface area contributed by atoms with Crippen molar-refractivity contribution in [2.75, 3.05) is 0 Å². The van der Waals surface area contributed by atoms with Gasteiger partial charge in [0.2, 0.25) is 0 Å². The van der Waals surface area contributed by atoms with Crippen LogP contribution in [-0.4, -0.2) is 25.8 Å². The fourth-order valence-corrected chi connectivity index (χ4v) is 2.83. The van der Waals surface area contributed by atoms with E-state index in [-0.39, 0.29) is 0 Å². The SMILES string of the molecule is [Tl][c]1ccccc1-c1ccccc1. The molecule has 13 heavy (non-hydrogen) atoms. The third-order valence-electron chi connectivity index (χ3n) is 2.05. The van der Waals surface area contributed by atoms with E-state index in [2.05, 4.69) is 54.6 Å². The molecule has 2 rings (SSSR count). The molecule has 0 spiro atoms. The quantitative estimate of drug-likeness (QED) is 0.686. The molecule has 0 nitrogen and oxygen atoms in total. The Bertz CT molecular complexity index is 393. The summed E-state index contributed by atoms with van der Waals surface area (Å²) in [4.78, 5) is 0.